The van der Waals surface area contributed by atoms with Crippen molar-refractivity contribution < 1.29 is 8.42 Å². The quantitative estimate of drug-likeness (QED) is 0.731. The summed E-state index contributed by atoms with van der Waals surface area (Å²) in [5.41, 5.74) is 3.17. The summed E-state index contributed by atoms with van der Waals surface area (Å²) in [5.74, 6) is 0. The first-order valence-electron chi connectivity index (χ1n) is 6.72. The molecule has 0 saturated carbocycles. The number of nitrogens with one attached hydrogen (secondary N) is 1. The standard InChI is InChI=1S/C14H15N5O2S2/c1-19-9-12(7-18-19)11-4-2-3-10(5-11)6-16-14-17-8-13(22-14)23(15,20)21/h2-5,7-9H,6H2,1H3,(H,16,17)(H2,15,20,21). The summed E-state index contributed by atoms with van der Waals surface area (Å²) in [6.07, 6.45) is 5.02. The SMILES string of the molecule is Cn1cc(-c2cccc(CNc3ncc(S(N)(=O)=O)s3)c2)cn1. The van der Waals surface area contributed by atoms with Crippen LogP contribution in [-0.2, 0) is 23.6 Å². The molecule has 2 heterocycles. The fourth-order valence-electron chi connectivity index (χ4n) is 2.08. The molecule has 0 aliphatic heterocycles. The number of aromatic nitrogens is 3. The molecule has 3 N–H and O–H groups in total. The molecule has 2 aromatic heterocycles. The van der Waals surface area contributed by atoms with Gasteiger partial charge in [-0.05, 0) is 17.2 Å². The number of primary sulfonamides is 1. The molecular weight excluding hydrogens is 334 g/mol. The highest BCUT2D eigenvalue weighted by Crippen LogP contribution is 2.23. The summed E-state index contributed by atoms with van der Waals surface area (Å²) in [5, 5.41) is 12.9. The van der Waals surface area contributed by atoms with Crippen LogP contribution in [0.4, 0.5) is 5.13 Å². The molecule has 3 rings (SSSR count). The molecule has 1 aromatic carbocycles. The molecule has 0 fully saturated rings. The Labute approximate surface area is 137 Å². The summed E-state index contributed by atoms with van der Waals surface area (Å²) >= 11 is 1.01. The molecule has 0 atom stereocenters. The second-order valence-electron chi connectivity index (χ2n) is 4.99. The highest BCUT2D eigenvalue weighted by molar-refractivity contribution is 7.91. The van der Waals surface area contributed by atoms with Gasteiger partial charge in [0, 0.05) is 25.4 Å². The zero-order valence-corrected chi connectivity index (χ0v) is 13.9. The van der Waals surface area contributed by atoms with Gasteiger partial charge in [-0.1, -0.05) is 29.5 Å². The summed E-state index contributed by atoms with van der Waals surface area (Å²) in [6.45, 7) is 0.533. The van der Waals surface area contributed by atoms with Crippen molar-refractivity contribution in [3.05, 3.63) is 48.4 Å². The third-order valence-corrected chi connectivity index (χ3v) is 5.54. The molecule has 9 heteroatoms. The van der Waals surface area contributed by atoms with Gasteiger partial charge in [-0.25, -0.2) is 18.5 Å². The number of aryl methyl sites for hydroxylation is 1. The van der Waals surface area contributed by atoms with E-state index in [-0.39, 0.29) is 4.21 Å². The van der Waals surface area contributed by atoms with Crippen molar-refractivity contribution in [1.29, 1.82) is 0 Å². The molecule has 0 radical (unpaired) electrons. The minimum absolute atomic E-state index is 0.0455. The lowest BCUT2D eigenvalue weighted by Gasteiger charge is -2.05. The highest BCUT2D eigenvalue weighted by atomic mass is 32.2. The zero-order valence-electron chi connectivity index (χ0n) is 12.3. The third-order valence-electron chi connectivity index (χ3n) is 3.17. The molecule has 0 spiro atoms. The fraction of sp³-hybridized carbons (Fsp3) is 0.143. The van der Waals surface area contributed by atoms with Crippen LogP contribution in [0.5, 0.6) is 0 Å². The van der Waals surface area contributed by atoms with Crippen molar-refractivity contribution in [1.82, 2.24) is 14.8 Å². The largest absolute Gasteiger partial charge is 0.357 e. The van der Waals surface area contributed by atoms with Crippen molar-refractivity contribution >= 4 is 26.5 Å². The average Bonchev–Trinajstić information content (AvgIpc) is 3.14. The van der Waals surface area contributed by atoms with Crippen molar-refractivity contribution in [3.8, 4) is 11.1 Å². The van der Waals surface area contributed by atoms with Crippen molar-refractivity contribution in [2.24, 2.45) is 12.2 Å². The number of anilines is 1. The van der Waals surface area contributed by atoms with E-state index in [4.69, 9.17) is 5.14 Å². The maximum atomic E-state index is 11.2. The van der Waals surface area contributed by atoms with Gasteiger partial charge in [0.15, 0.2) is 9.34 Å². The van der Waals surface area contributed by atoms with Crippen molar-refractivity contribution in [2.45, 2.75) is 10.8 Å². The van der Waals surface area contributed by atoms with E-state index in [9.17, 15) is 8.42 Å². The molecular formula is C14H15N5O2S2. The van der Waals surface area contributed by atoms with E-state index in [0.717, 1.165) is 28.0 Å². The van der Waals surface area contributed by atoms with E-state index in [1.54, 1.807) is 4.68 Å². The predicted octanol–water partition coefficient (Wildman–Crippen LogP) is 1.80. The molecule has 0 aliphatic rings. The van der Waals surface area contributed by atoms with Gasteiger partial charge in [-0.3, -0.25) is 4.68 Å². The fourth-order valence-corrected chi connectivity index (χ4v) is 3.53. The Hall–Kier alpha value is -2.23. The van der Waals surface area contributed by atoms with E-state index in [2.05, 4.69) is 21.5 Å². The molecule has 23 heavy (non-hydrogen) atoms. The van der Waals surface area contributed by atoms with Crippen LogP contribution in [0.25, 0.3) is 11.1 Å². The van der Waals surface area contributed by atoms with E-state index in [1.165, 1.54) is 6.20 Å². The van der Waals surface area contributed by atoms with Crippen LogP contribution in [0.3, 0.4) is 0 Å². The molecule has 0 amide bonds. The predicted molar refractivity (Wildman–Crippen MR) is 89.5 cm³/mol. The number of benzene rings is 1. The molecule has 120 valence electrons. The Morgan fingerprint density at radius 1 is 1.30 bits per heavy atom. The van der Waals surface area contributed by atoms with E-state index < -0.39 is 10.0 Å². The second kappa shape index (κ2) is 6.11. The number of sulfonamides is 1. The maximum Gasteiger partial charge on any atom is 0.249 e. The smallest absolute Gasteiger partial charge is 0.249 e. The first kappa shape index (κ1) is 15.7. The number of hydrogen-bond acceptors (Lipinski definition) is 6. The van der Waals surface area contributed by atoms with Crippen LogP contribution in [0.1, 0.15) is 5.56 Å². The normalized spacial score (nSPS) is 11.6. The lowest BCUT2D eigenvalue weighted by molar-refractivity contribution is 0.599. The van der Waals surface area contributed by atoms with Crippen LogP contribution in [0, 0.1) is 0 Å². The second-order valence-corrected chi connectivity index (χ2v) is 7.80. The Balaban J connectivity index is 1.72. The lowest BCUT2D eigenvalue weighted by atomic mass is 10.1. The number of nitrogens with zero attached hydrogens (tertiary/aromatic N) is 3. The van der Waals surface area contributed by atoms with Crippen LogP contribution in [0.2, 0.25) is 0 Å². The van der Waals surface area contributed by atoms with Crippen molar-refractivity contribution in [2.75, 3.05) is 5.32 Å². The van der Waals surface area contributed by atoms with Crippen molar-refractivity contribution in [3.63, 3.8) is 0 Å². The summed E-state index contributed by atoms with van der Waals surface area (Å²) in [4.78, 5) is 4.02. The number of hydrogen-bond donors (Lipinski definition) is 2. The van der Waals surface area contributed by atoms with Gasteiger partial charge in [0.25, 0.3) is 0 Å². The number of rotatable bonds is 5. The highest BCUT2D eigenvalue weighted by Gasteiger charge is 2.12. The Morgan fingerprint density at radius 2 is 2.13 bits per heavy atom. The molecule has 0 aliphatic carbocycles. The topological polar surface area (TPSA) is 103 Å². The number of thiazole rings is 1. The van der Waals surface area contributed by atoms with Gasteiger partial charge < -0.3 is 5.32 Å². The van der Waals surface area contributed by atoms with Gasteiger partial charge in [-0.2, -0.15) is 5.10 Å². The summed E-state index contributed by atoms with van der Waals surface area (Å²) < 4.78 is 24.3. The van der Waals surface area contributed by atoms with E-state index in [0.29, 0.717) is 11.7 Å². The maximum absolute atomic E-state index is 11.2. The molecule has 0 bridgehead atoms. The molecule has 3 aromatic rings. The van der Waals surface area contributed by atoms with Crippen LogP contribution in [0.15, 0.2) is 47.1 Å². The van der Waals surface area contributed by atoms with Gasteiger partial charge in [-0.15, -0.1) is 0 Å². The molecule has 7 nitrogen and oxygen atoms in total. The Morgan fingerprint density at radius 3 is 2.78 bits per heavy atom. The van der Waals surface area contributed by atoms with E-state index in [1.807, 2.05) is 37.6 Å². The van der Waals surface area contributed by atoms with E-state index >= 15 is 0 Å². The van der Waals surface area contributed by atoms with Crippen LogP contribution < -0.4 is 10.5 Å². The zero-order chi connectivity index (χ0) is 16.4. The summed E-state index contributed by atoms with van der Waals surface area (Å²) in [7, 11) is -1.82. The third kappa shape index (κ3) is 3.76. The summed E-state index contributed by atoms with van der Waals surface area (Å²) in [6, 6.07) is 8.03. The minimum atomic E-state index is -3.70. The first-order valence-corrected chi connectivity index (χ1v) is 9.08. The monoisotopic (exact) mass is 349 g/mol. The Bertz CT molecular complexity index is 930. The lowest BCUT2D eigenvalue weighted by Crippen LogP contribution is -2.09. The van der Waals surface area contributed by atoms with Crippen LogP contribution >= 0.6 is 11.3 Å². The van der Waals surface area contributed by atoms with Gasteiger partial charge in [0.2, 0.25) is 10.0 Å². The van der Waals surface area contributed by atoms with Gasteiger partial charge in [0.1, 0.15) is 0 Å². The minimum Gasteiger partial charge on any atom is -0.357 e. The molecule has 0 unspecified atom stereocenters. The molecule has 0 saturated heterocycles. The number of nitrogens with two attached hydrogens (primary N) is 1. The van der Waals surface area contributed by atoms with Gasteiger partial charge >= 0.3 is 0 Å². The Kier molecular flexibility index (Phi) is 4.16. The van der Waals surface area contributed by atoms with Crippen LogP contribution in [-0.4, -0.2) is 23.2 Å². The van der Waals surface area contributed by atoms with Gasteiger partial charge in [0.05, 0.1) is 12.4 Å². The average molecular weight is 349 g/mol. The first-order chi connectivity index (χ1) is 10.9.